The number of hydrogen-bond acceptors (Lipinski definition) is 7. The molecule has 182 valence electrons. The zero-order chi connectivity index (χ0) is 25.2. The van der Waals surface area contributed by atoms with Crippen LogP contribution in [0.4, 0.5) is 5.69 Å². The smallest absolute Gasteiger partial charge is 0.234 e. The van der Waals surface area contributed by atoms with Crippen molar-refractivity contribution in [3.8, 4) is 22.9 Å². The zero-order valence-corrected chi connectivity index (χ0v) is 20.6. The summed E-state index contributed by atoms with van der Waals surface area (Å²) in [6.07, 6.45) is 0. The quantitative estimate of drug-likeness (QED) is 0.297. The van der Waals surface area contributed by atoms with Crippen LogP contribution in [0.3, 0.4) is 0 Å². The van der Waals surface area contributed by atoms with Crippen LogP contribution in [0.1, 0.15) is 11.4 Å². The molecule has 1 amide bonds. The molecule has 0 fully saturated rings. The maximum absolute atomic E-state index is 12.5. The summed E-state index contributed by atoms with van der Waals surface area (Å²) in [7, 11) is 1.63. The Morgan fingerprint density at radius 3 is 2.67 bits per heavy atom. The van der Waals surface area contributed by atoms with Crippen molar-refractivity contribution in [2.24, 2.45) is 0 Å². The lowest BCUT2D eigenvalue weighted by molar-refractivity contribution is -0.113. The molecule has 0 aliphatic heterocycles. The van der Waals surface area contributed by atoms with E-state index in [2.05, 4.69) is 21.6 Å². The number of nitrogens with zero attached hydrogens (tertiary/aromatic N) is 4. The van der Waals surface area contributed by atoms with Gasteiger partial charge in [-0.2, -0.15) is 5.26 Å². The number of amides is 1. The number of nitriles is 1. The van der Waals surface area contributed by atoms with Crippen molar-refractivity contribution in [2.75, 3.05) is 24.8 Å². The molecule has 0 aliphatic rings. The first-order chi connectivity index (χ1) is 17.7. The third kappa shape index (κ3) is 6.50. The Balaban J connectivity index is 1.44. The Labute approximate surface area is 213 Å². The van der Waals surface area contributed by atoms with Crippen molar-refractivity contribution in [1.82, 2.24) is 14.8 Å². The molecule has 8 nitrogen and oxygen atoms in total. The molecule has 4 rings (SSSR count). The second-order valence-electron chi connectivity index (χ2n) is 7.72. The fourth-order valence-corrected chi connectivity index (χ4v) is 4.31. The van der Waals surface area contributed by atoms with E-state index in [1.807, 2.05) is 59.2 Å². The number of para-hydroxylation sites is 1. The van der Waals surface area contributed by atoms with E-state index < -0.39 is 0 Å². The van der Waals surface area contributed by atoms with Gasteiger partial charge >= 0.3 is 0 Å². The summed E-state index contributed by atoms with van der Waals surface area (Å²) in [5.41, 5.74) is 3.12. The van der Waals surface area contributed by atoms with Crippen LogP contribution in [0.25, 0.3) is 11.1 Å². The summed E-state index contributed by atoms with van der Waals surface area (Å²) in [5.74, 6) is 1.32. The highest BCUT2D eigenvalue weighted by molar-refractivity contribution is 7.99. The predicted octanol–water partition coefficient (Wildman–Crippen LogP) is 4.77. The van der Waals surface area contributed by atoms with Crippen molar-refractivity contribution in [3.05, 3.63) is 90.3 Å². The van der Waals surface area contributed by atoms with E-state index in [4.69, 9.17) is 14.7 Å². The topological polar surface area (TPSA) is 102 Å². The fraction of sp³-hybridized carbons (Fsp3) is 0.185. The second-order valence-corrected chi connectivity index (χ2v) is 8.67. The van der Waals surface area contributed by atoms with Crippen LogP contribution < -0.4 is 10.1 Å². The van der Waals surface area contributed by atoms with Gasteiger partial charge in [-0.15, -0.1) is 10.2 Å². The van der Waals surface area contributed by atoms with E-state index in [9.17, 15) is 4.79 Å². The van der Waals surface area contributed by atoms with Crippen molar-refractivity contribution < 1.29 is 14.3 Å². The van der Waals surface area contributed by atoms with Crippen LogP contribution in [-0.2, 0) is 22.7 Å². The summed E-state index contributed by atoms with van der Waals surface area (Å²) >= 11 is 1.28. The summed E-state index contributed by atoms with van der Waals surface area (Å²) < 4.78 is 13.3. The molecule has 3 aromatic carbocycles. The molecule has 0 bridgehead atoms. The highest BCUT2D eigenvalue weighted by Gasteiger charge is 2.16. The predicted molar refractivity (Wildman–Crippen MR) is 139 cm³/mol. The molecule has 0 atom stereocenters. The molecule has 0 aliphatic carbocycles. The molecule has 1 heterocycles. The SMILES string of the molecule is COCCn1c(COc2ccccc2-c2ccccc2)nnc1SCC(=O)Nc1cccc(C#N)c1. The van der Waals surface area contributed by atoms with Gasteiger partial charge in [0.05, 0.1) is 24.0 Å². The number of methoxy groups -OCH3 is 1. The maximum atomic E-state index is 12.5. The molecule has 36 heavy (non-hydrogen) atoms. The first-order valence-electron chi connectivity index (χ1n) is 11.3. The van der Waals surface area contributed by atoms with Crippen molar-refractivity contribution in [3.63, 3.8) is 0 Å². The third-order valence-corrected chi connectivity index (χ3v) is 6.22. The standard InChI is InChI=1S/C27H25N5O3S/c1-34-15-14-32-25(18-35-24-13-6-5-12-23(24)21-9-3-2-4-10-21)30-31-27(32)36-19-26(33)29-22-11-7-8-20(16-22)17-28/h2-13,16H,14-15,18-19H2,1H3,(H,29,33). The number of carbonyl (C=O) groups excluding carboxylic acids is 1. The van der Waals surface area contributed by atoms with Crippen molar-refractivity contribution in [1.29, 1.82) is 5.26 Å². The molecular weight excluding hydrogens is 474 g/mol. The fourth-order valence-electron chi connectivity index (χ4n) is 3.52. The number of rotatable bonds is 11. The van der Waals surface area contributed by atoms with E-state index in [1.165, 1.54) is 11.8 Å². The first-order valence-corrected chi connectivity index (χ1v) is 12.3. The zero-order valence-electron chi connectivity index (χ0n) is 19.8. The monoisotopic (exact) mass is 499 g/mol. The van der Waals surface area contributed by atoms with Gasteiger partial charge in [0.25, 0.3) is 0 Å². The average molecular weight is 500 g/mol. The molecule has 0 saturated carbocycles. The minimum absolute atomic E-state index is 0.138. The van der Waals surface area contributed by atoms with Crippen LogP contribution in [-0.4, -0.2) is 40.1 Å². The molecule has 0 spiro atoms. The van der Waals surface area contributed by atoms with Gasteiger partial charge in [-0.3, -0.25) is 4.79 Å². The summed E-state index contributed by atoms with van der Waals surface area (Å²) in [6, 6.07) is 26.8. The summed E-state index contributed by atoms with van der Waals surface area (Å²) in [4.78, 5) is 12.5. The summed E-state index contributed by atoms with van der Waals surface area (Å²) in [6.45, 7) is 1.21. The van der Waals surface area contributed by atoms with Gasteiger partial charge in [0.15, 0.2) is 11.0 Å². The number of carbonyl (C=O) groups is 1. The molecule has 0 radical (unpaired) electrons. The van der Waals surface area contributed by atoms with Gasteiger partial charge in [-0.05, 0) is 29.8 Å². The lowest BCUT2D eigenvalue weighted by Gasteiger charge is -2.13. The largest absolute Gasteiger partial charge is 0.485 e. The maximum Gasteiger partial charge on any atom is 0.234 e. The number of nitrogens with one attached hydrogen (secondary N) is 1. The number of hydrogen-bond donors (Lipinski definition) is 1. The van der Waals surface area contributed by atoms with Gasteiger partial charge in [-0.1, -0.05) is 66.4 Å². The molecule has 0 unspecified atom stereocenters. The molecule has 1 aromatic heterocycles. The Morgan fingerprint density at radius 1 is 1.06 bits per heavy atom. The van der Waals surface area contributed by atoms with Crippen LogP contribution >= 0.6 is 11.8 Å². The Morgan fingerprint density at radius 2 is 1.86 bits per heavy atom. The molecule has 0 saturated heterocycles. The second kappa shape index (κ2) is 12.5. The number of benzene rings is 3. The molecule has 9 heteroatoms. The summed E-state index contributed by atoms with van der Waals surface area (Å²) in [5, 5.41) is 21.0. The number of thioether (sulfide) groups is 1. The van der Waals surface area contributed by atoms with Gasteiger partial charge < -0.3 is 19.4 Å². The van der Waals surface area contributed by atoms with E-state index in [0.29, 0.717) is 35.4 Å². The van der Waals surface area contributed by atoms with Gasteiger partial charge in [0, 0.05) is 24.9 Å². The third-order valence-electron chi connectivity index (χ3n) is 5.25. The lowest BCUT2D eigenvalue weighted by Crippen LogP contribution is -2.16. The number of ether oxygens (including phenoxy) is 2. The number of aromatic nitrogens is 3. The minimum Gasteiger partial charge on any atom is -0.485 e. The molecule has 1 N–H and O–H groups in total. The normalized spacial score (nSPS) is 10.6. The Hall–Kier alpha value is -4.13. The van der Waals surface area contributed by atoms with E-state index >= 15 is 0 Å². The van der Waals surface area contributed by atoms with Crippen LogP contribution in [0, 0.1) is 11.3 Å². The highest BCUT2D eigenvalue weighted by Crippen LogP contribution is 2.30. The van der Waals surface area contributed by atoms with Gasteiger partial charge in [-0.25, -0.2) is 0 Å². The van der Waals surface area contributed by atoms with Crippen molar-refractivity contribution >= 4 is 23.4 Å². The first kappa shape index (κ1) is 25.0. The minimum atomic E-state index is -0.203. The van der Waals surface area contributed by atoms with Crippen LogP contribution in [0.2, 0.25) is 0 Å². The highest BCUT2D eigenvalue weighted by atomic mass is 32.2. The molecule has 4 aromatic rings. The Bertz CT molecular complexity index is 1350. The van der Waals surface area contributed by atoms with Gasteiger partial charge in [0.2, 0.25) is 5.91 Å². The lowest BCUT2D eigenvalue weighted by atomic mass is 10.1. The van der Waals surface area contributed by atoms with Crippen LogP contribution in [0.15, 0.2) is 84.0 Å². The van der Waals surface area contributed by atoms with Crippen LogP contribution in [0.5, 0.6) is 5.75 Å². The van der Waals surface area contributed by atoms with Crippen molar-refractivity contribution in [2.45, 2.75) is 18.3 Å². The Kier molecular flexibility index (Phi) is 8.70. The molecular formula is C27H25N5O3S. The van der Waals surface area contributed by atoms with E-state index in [0.717, 1.165) is 16.9 Å². The number of anilines is 1. The van der Waals surface area contributed by atoms with E-state index in [-0.39, 0.29) is 18.3 Å². The average Bonchev–Trinajstić information content (AvgIpc) is 3.31. The van der Waals surface area contributed by atoms with E-state index in [1.54, 1.807) is 31.4 Å². The van der Waals surface area contributed by atoms with Gasteiger partial charge in [0.1, 0.15) is 12.4 Å².